The van der Waals surface area contributed by atoms with Gasteiger partial charge >= 0.3 is 0 Å². The number of carbonyl (C=O) groups is 1. The first-order chi connectivity index (χ1) is 12.9. The number of carbonyl (C=O) groups excluding carboxylic acids is 1. The minimum atomic E-state index is -3.55. The topological polar surface area (TPSA) is 86.7 Å². The van der Waals surface area contributed by atoms with Gasteiger partial charge in [-0.05, 0) is 61.7 Å². The van der Waals surface area contributed by atoms with Gasteiger partial charge in [-0.25, -0.2) is 8.42 Å². The van der Waals surface area contributed by atoms with Crippen LogP contribution in [-0.4, -0.2) is 36.3 Å². The van der Waals surface area contributed by atoms with Crippen molar-refractivity contribution in [2.24, 2.45) is 0 Å². The van der Waals surface area contributed by atoms with E-state index in [0.29, 0.717) is 23.4 Å². The summed E-state index contributed by atoms with van der Waals surface area (Å²) in [7, 11) is -3.55. The molecule has 1 aliphatic rings. The van der Waals surface area contributed by atoms with Crippen molar-refractivity contribution in [3.05, 3.63) is 59.7 Å². The van der Waals surface area contributed by atoms with Gasteiger partial charge in [-0.15, -0.1) is 0 Å². The zero-order chi connectivity index (χ0) is 19.4. The maximum Gasteiger partial charge on any atom is 0.255 e. The van der Waals surface area contributed by atoms with Crippen LogP contribution in [0, 0.1) is 0 Å². The molecule has 2 aromatic carbocycles. The predicted octanol–water partition coefficient (Wildman–Crippen LogP) is 2.99. The molecule has 0 radical (unpaired) electrons. The molecule has 6 nitrogen and oxygen atoms in total. The van der Waals surface area contributed by atoms with E-state index in [1.165, 1.54) is 24.3 Å². The fraction of sp³-hybridized carbons (Fsp3) is 0.350. The van der Waals surface area contributed by atoms with Crippen LogP contribution in [-0.2, 0) is 16.6 Å². The summed E-state index contributed by atoms with van der Waals surface area (Å²) in [5.41, 5.74) is 1.64. The maximum atomic E-state index is 12.8. The van der Waals surface area contributed by atoms with Crippen molar-refractivity contribution in [2.75, 3.05) is 11.9 Å². The number of hydrogen-bond acceptors (Lipinski definition) is 4. The van der Waals surface area contributed by atoms with Crippen molar-refractivity contribution in [2.45, 2.75) is 43.7 Å². The fourth-order valence-electron chi connectivity index (χ4n) is 3.29. The number of benzene rings is 2. The number of aliphatic hydroxyl groups is 1. The Morgan fingerprint density at radius 3 is 2.59 bits per heavy atom. The molecule has 0 aromatic heterocycles. The molecule has 1 amide bonds. The van der Waals surface area contributed by atoms with Crippen LogP contribution in [0.4, 0.5) is 5.69 Å². The van der Waals surface area contributed by atoms with Crippen molar-refractivity contribution in [3.8, 4) is 0 Å². The highest BCUT2D eigenvalue weighted by Gasteiger charge is 2.30. The minimum Gasteiger partial charge on any atom is -0.392 e. The van der Waals surface area contributed by atoms with Gasteiger partial charge in [0.1, 0.15) is 0 Å². The van der Waals surface area contributed by atoms with E-state index in [9.17, 15) is 18.3 Å². The SMILES string of the molecule is C[C@@H]1CCCCN1S(=O)(=O)c1ccc(C(=O)Nc2cccc(CO)c2)cc1. The van der Waals surface area contributed by atoms with E-state index in [4.69, 9.17) is 0 Å². The van der Waals surface area contributed by atoms with E-state index in [-0.39, 0.29) is 23.5 Å². The largest absolute Gasteiger partial charge is 0.392 e. The molecule has 1 aliphatic heterocycles. The third-order valence-corrected chi connectivity index (χ3v) is 6.86. The Hall–Kier alpha value is -2.22. The summed E-state index contributed by atoms with van der Waals surface area (Å²) >= 11 is 0. The van der Waals surface area contributed by atoms with Crippen LogP contribution in [0.15, 0.2) is 53.4 Å². The fourth-order valence-corrected chi connectivity index (χ4v) is 4.99. The van der Waals surface area contributed by atoms with Gasteiger partial charge in [-0.1, -0.05) is 18.6 Å². The first-order valence-electron chi connectivity index (χ1n) is 9.05. The van der Waals surface area contributed by atoms with Crippen molar-refractivity contribution in [1.82, 2.24) is 4.31 Å². The maximum absolute atomic E-state index is 12.8. The summed E-state index contributed by atoms with van der Waals surface area (Å²) in [4.78, 5) is 12.6. The molecule has 1 fully saturated rings. The third kappa shape index (κ3) is 4.37. The smallest absolute Gasteiger partial charge is 0.255 e. The highest BCUT2D eigenvalue weighted by Crippen LogP contribution is 2.25. The summed E-state index contributed by atoms with van der Waals surface area (Å²) in [6, 6.07) is 12.9. The molecule has 1 saturated heterocycles. The molecular formula is C20H24N2O4S. The number of aliphatic hydroxyl groups excluding tert-OH is 1. The van der Waals surface area contributed by atoms with Gasteiger partial charge in [0, 0.05) is 23.8 Å². The molecule has 0 unspecified atom stereocenters. The molecule has 1 heterocycles. The summed E-state index contributed by atoms with van der Waals surface area (Å²) in [5, 5.41) is 11.9. The normalized spacial score (nSPS) is 18.2. The highest BCUT2D eigenvalue weighted by atomic mass is 32.2. The third-order valence-electron chi connectivity index (χ3n) is 4.83. The molecule has 2 aromatic rings. The van der Waals surface area contributed by atoms with Gasteiger partial charge in [-0.2, -0.15) is 4.31 Å². The number of rotatable bonds is 5. The van der Waals surface area contributed by atoms with Crippen LogP contribution in [0.25, 0.3) is 0 Å². The van der Waals surface area contributed by atoms with Crippen LogP contribution in [0.3, 0.4) is 0 Å². The van der Waals surface area contributed by atoms with Crippen LogP contribution >= 0.6 is 0 Å². The lowest BCUT2D eigenvalue weighted by Gasteiger charge is -2.32. The van der Waals surface area contributed by atoms with Crippen LogP contribution in [0.1, 0.15) is 42.1 Å². The Morgan fingerprint density at radius 2 is 1.93 bits per heavy atom. The highest BCUT2D eigenvalue weighted by molar-refractivity contribution is 7.89. The number of nitrogens with one attached hydrogen (secondary N) is 1. The van der Waals surface area contributed by atoms with Gasteiger partial charge in [0.25, 0.3) is 5.91 Å². The van der Waals surface area contributed by atoms with Crippen LogP contribution in [0.2, 0.25) is 0 Å². The molecule has 0 bridgehead atoms. The molecular weight excluding hydrogens is 364 g/mol. The lowest BCUT2D eigenvalue weighted by Crippen LogP contribution is -2.41. The molecule has 0 aliphatic carbocycles. The summed E-state index contributed by atoms with van der Waals surface area (Å²) < 4.78 is 27.2. The predicted molar refractivity (Wildman–Crippen MR) is 104 cm³/mol. The van der Waals surface area contributed by atoms with E-state index in [0.717, 1.165) is 19.3 Å². The van der Waals surface area contributed by atoms with Crippen LogP contribution < -0.4 is 5.32 Å². The number of sulfonamides is 1. The monoisotopic (exact) mass is 388 g/mol. The Balaban J connectivity index is 1.75. The first-order valence-corrected chi connectivity index (χ1v) is 10.5. The van der Waals surface area contributed by atoms with Gasteiger partial charge < -0.3 is 10.4 Å². The first kappa shape index (κ1) is 19.5. The van der Waals surface area contributed by atoms with Crippen molar-refractivity contribution >= 4 is 21.6 Å². The summed E-state index contributed by atoms with van der Waals surface area (Å²) in [6.45, 7) is 2.36. The summed E-state index contributed by atoms with van der Waals surface area (Å²) in [6.07, 6.45) is 2.79. The van der Waals surface area contributed by atoms with Crippen molar-refractivity contribution < 1.29 is 18.3 Å². The van der Waals surface area contributed by atoms with E-state index in [1.807, 2.05) is 6.92 Å². The minimum absolute atomic E-state index is 0.00877. The lowest BCUT2D eigenvalue weighted by atomic mass is 10.1. The number of hydrogen-bond donors (Lipinski definition) is 2. The number of amides is 1. The van der Waals surface area contributed by atoms with E-state index in [1.54, 1.807) is 28.6 Å². The second-order valence-electron chi connectivity index (χ2n) is 6.80. The average molecular weight is 388 g/mol. The molecule has 27 heavy (non-hydrogen) atoms. The lowest BCUT2D eigenvalue weighted by molar-refractivity contribution is 0.102. The second kappa shape index (κ2) is 8.21. The Kier molecular flexibility index (Phi) is 5.94. The Labute approximate surface area is 159 Å². The quantitative estimate of drug-likeness (QED) is 0.824. The number of piperidine rings is 1. The molecule has 7 heteroatoms. The zero-order valence-corrected chi connectivity index (χ0v) is 16.1. The molecule has 3 rings (SSSR count). The summed E-state index contributed by atoms with van der Waals surface area (Å²) in [5.74, 6) is -0.333. The van der Waals surface area contributed by atoms with Crippen LogP contribution in [0.5, 0.6) is 0 Å². The Morgan fingerprint density at radius 1 is 1.19 bits per heavy atom. The molecule has 0 saturated carbocycles. The van der Waals surface area contributed by atoms with E-state index >= 15 is 0 Å². The molecule has 1 atom stereocenters. The number of anilines is 1. The molecule has 2 N–H and O–H groups in total. The van der Waals surface area contributed by atoms with Crippen molar-refractivity contribution in [1.29, 1.82) is 0 Å². The average Bonchev–Trinajstić information content (AvgIpc) is 2.68. The van der Waals surface area contributed by atoms with Gasteiger partial charge in [-0.3, -0.25) is 4.79 Å². The molecule has 144 valence electrons. The second-order valence-corrected chi connectivity index (χ2v) is 8.69. The zero-order valence-electron chi connectivity index (χ0n) is 15.3. The van der Waals surface area contributed by atoms with Gasteiger partial charge in [0.15, 0.2) is 0 Å². The van der Waals surface area contributed by atoms with Crippen molar-refractivity contribution in [3.63, 3.8) is 0 Å². The van der Waals surface area contributed by atoms with E-state index < -0.39 is 10.0 Å². The van der Waals surface area contributed by atoms with Gasteiger partial charge in [0.2, 0.25) is 10.0 Å². The standard InChI is InChI=1S/C20H24N2O4S/c1-15-5-2-3-12-22(15)27(25,26)19-10-8-17(9-11-19)20(24)21-18-7-4-6-16(13-18)14-23/h4,6-11,13,15,23H,2-3,5,12,14H2,1H3,(H,21,24)/t15-/m1/s1. The Bertz CT molecular complexity index is 910. The molecule has 0 spiro atoms. The number of nitrogens with zero attached hydrogens (tertiary/aromatic N) is 1. The van der Waals surface area contributed by atoms with E-state index in [2.05, 4.69) is 5.32 Å². The van der Waals surface area contributed by atoms with Gasteiger partial charge in [0.05, 0.1) is 11.5 Å².